The Morgan fingerprint density at radius 3 is 0.787 bits per heavy atom. The molecule has 0 aliphatic heterocycles. The third-order valence-electron chi connectivity index (χ3n) is 28.1. The fraction of sp³-hybridized carbons (Fsp3) is 0. The van der Waals surface area contributed by atoms with Crippen LogP contribution in [-0.2, 0) is 0 Å². The summed E-state index contributed by atoms with van der Waals surface area (Å²) in [6, 6.07) is 161. The summed E-state index contributed by atoms with van der Waals surface area (Å²) in [7, 11) is 0. The smallest absolute Gasteiger partial charge is 0.184 e. The molecule has 150 heavy (non-hydrogen) atoms. The molecule has 0 atom stereocenters. The highest BCUT2D eigenvalue weighted by atomic mass is 32.1. The van der Waals surface area contributed by atoms with Crippen molar-refractivity contribution in [2.75, 3.05) is 0 Å². The Bertz CT molecular complexity index is 9390. The van der Waals surface area contributed by atoms with E-state index in [1.165, 1.54) is 110 Å². The summed E-state index contributed by atoms with van der Waals surface area (Å²) in [5.74, 6) is 5.36. The van der Waals surface area contributed by atoms with Gasteiger partial charge in [0.1, 0.15) is 5.69 Å². The van der Waals surface area contributed by atoms with Crippen LogP contribution < -0.4 is 0 Å². The maximum absolute atomic E-state index is 5.08. The van der Waals surface area contributed by atoms with Crippen LogP contribution in [0.15, 0.2) is 492 Å². The van der Waals surface area contributed by atoms with Crippen LogP contribution in [0.5, 0.6) is 0 Å². The first kappa shape index (κ1) is 88.2. The molecule has 30 rings (SSSR count). The number of para-hydroxylation sites is 3. The number of thiophene rings is 3. The van der Waals surface area contributed by atoms with Crippen molar-refractivity contribution in [3.8, 4) is 153 Å². The molecule has 0 spiro atoms. The molecule has 0 saturated carbocycles. The molecule has 0 saturated heterocycles. The van der Waals surface area contributed by atoms with E-state index in [-0.39, 0.29) is 0 Å². The van der Waals surface area contributed by atoms with E-state index in [2.05, 4.69) is 291 Å². The molecule has 15 nitrogen and oxygen atoms in total. The van der Waals surface area contributed by atoms with E-state index in [9.17, 15) is 0 Å². The monoisotopic (exact) mass is 1970 g/mol. The van der Waals surface area contributed by atoms with Crippen molar-refractivity contribution in [1.29, 1.82) is 0 Å². The Hall–Kier alpha value is -19.5. The number of aromatic nitrogens is 15. The third kappa shape index (κ3) is 16.0. The van der Waals surface area contributed by atoms with E-state index in [0.29, 0.717) is 58.1 Å². The third-order valence-corrected chi connectivity index (χ3v) is 31.5. The van der Waals surface area contributed by atoms with Gasteiger partial charge in [0, 0.05) is 157 Å². The summed E-state index contributed by atoms with van der Waals surface area (Å²) >= 11 is 5.53. The summed E-state index contributed by atoms with van der Waals surface area (Å²) in [4.78, 5) is 59.3. The predicted octanol–water partition coefficient (Wildman–Crippen LogP) is 34.2. The molecule has 30 aromatic rings. The lowest BCUT2D eigenvalue weighted by atomic mass is 10.0. The quantitative estimate of drug-likeness (QED) is 0.0953. The Kier molecular flexibility index (Phi) is 22.1. The van der Waals surface area contributed by atoms with E-state index in [0.717, 1.165) is 111 Å². The van der Waals surface area contributed by atoms with Crippen LogP contribution in [0.2, 0.25) is 0 Å². The second kappa shape index (κ2) is 37.6. The SMILES string of the molecule is c1ccc(-c2nc(-c3ccccc3)nc(-c3ccncc3-n3c4ccccc4c4ccc(-c5ccc6c(c5)sc5ccccc56)cc43)n2)cc1.c1ccc(-c2nc(-c3ccccc3)nc(-c3cnccc3-n3c4ccccc4c4ccc(-c5ccc6c(c5)sc5ccccc56)cc43)n2)cc1.c1ccc(-c2nc(-c3ccccc3)nc(-c3ncccc3-n3c4ccccc4c4ccc(-c5ccc6c(c5)sc5ccccc56)cc43)n2)cc1. The van der Waals surface area contributed by atoms with Crippen molar-refractivity contribution in [1.82, 2.24) is 73.5 Å². The van der Waals surface area contributed by atoms with E-state index < -0.39 is 0 Å². The number of hydrogen-bond donors (Lipinski definition) is 0. The average Bonchev–Trinajstić information content (AvgIpc) is 1.58. The molecule has 702 valence electrons. The van der Waals surface area contributed by atoms with Gasteiger partial charge in [-0.05, 0) is 130 Å². The van der Waals surface area contributed by atoms with Crippen molar-refractivity contribution in [3.63, 3.8) is 0 Å². The van der Waals surface area contributed by atoms with Crippen molar-refractivity contribution in [2.45, 2.75) is 0 Å². The Morgan fingerprint density at radius 2 is 0.420 bits per heavy atom. The zero-order valence-electron chi connectivity index (χ0n) is 80.2. The van der Waals surface area contributed by atoms with Gasteiger partial charge in [0.25, 0.3) is 0 Å². The first-order chi connectivity index (χ1) is 74.3. The molecule has 0 N–H and O–H groups in total. The van der Waals surface area contributed by atoms with E-state index >= 15 is 0 Å². The number of nitrogens with zero attached hydrogens (tertiary/aromatic N) is 15. The lowest BCUT2D eigenvalue weighted by molar-refractivity contribution is 1.04. The van der Waals surface area contributed by atoms with Gasteiger partial charge in [-0.15, -0.1) is 34.0 Å². The average molecular weight is 1970 g/mol. The summed E-state index contributed by atoms with van der Waals surface area (Å²) in [5, 5.41) is 14.9. The van der Waals surface area contributed by atoms with Gasteiger partial charge in [-0.1, -0.05) is 364 Å². The molecule has 12 heterocycles. The second-order valence-electron chi connectivity index (χ2n) is 37.0. The van der Waals surface area contributed by atoms with E-state index in [4.69, 9.17) is 49.8 Å². The summed E-state index contributed by atoms with van der Waals surface area (Å²) in [6.07, 6.45) is 9.26. The van der Waals surface area contributed by atoms with Gasteiger partial charge in [0.2, 0.25) is 0 Å². The highest BCUT2D eigenvalue weighted by Crippen LogP contribution is 2.47. The summed E-state index contributed by atoms with van der Waals surface area (Å²) < 4.78 is 14.7. The van der Waals surface area contributed by atoms with Crippen molar-refractivity contribution in [3.05, 3.63) is 492 Å². The van der Waals surface area contributed by atoms with Crippen molar-refractivity contribution >= 4 is 160 Å². The molecule has 12 aromatic heterocycles. The Labute approximate surface area is 871 Å². The molecule has 0 aliphatic rings. The molecule has 18 aromatic carbocycles. The highest BCUT2D eigenvalue weighted by Gasteiger charge is 2.27. The van der Waals surface area contributed by atoms with Gasteiger partial charge in [-0.2, -0.15) is 0 Å². The van der Waals surface area contributed by atoms with E-state index in [1.54, 1.807) is 0 Å². The van der Waals surface area contributed by atoms with Gasteiger partial charge in [-0.3, -0.25) is 15.0 Å². The number of benzene rings is 18. The van der Waals surface area contributed by atoms with Crippen LogP contribution in [0, 0.1) is 0 Å². The van der Waals surface area contributed by atoms with Gasteiger partial charge in [0.05, 0.1) is 61.9 Å². The molecule has 0 unspecified atom stereocenters. The zero-order chi connectivity index (χ0) is 99.1. The fourth-order valence-electron chi connectivity index (χ4n) is 21.0. The minimum absolute atomic E-state index is 0.519. The lowest BCUT2D eigenvalue weighted by Crippen LogP contribution is -2.05. The first-order valence-corrected chi connectivity index (χ1v) is 52.1. The zero-order valence-corrected chi connectivity index (χ0v) is 82.6. The van der Waals surface area contributed by atoms with Crippen LogP contribution in [0.4, 0.5) is 0 Å². The Morgan fingerprint density at radius 1 is 0.153 bits per heavy atom. The van der Waals surface area contributed by atoms with Crippen LogP contribution in [0.3, 0.4) is 0 Å². The first-order valence-electron chi connectivity index (χ1n) is 49.7. The maximum atomic E-state index is 5.08. The fourth-order valence-corrected chi connectivity index (χ4v) is 24.4. The van der Waals surface area contributed by atoms with Crippen LogP contribution >= 0.6 is 34.0 Å². The molecule has 18 heteroatoms. The summed E-state index contributed by atoms with van der Waals surface area (Å²) in [6.45, 7) is 0. The van der Waals surface area contributed by atoms with Crippen molar-refractivity contribution in [2.24, 2.45) is 0 Å². The van der Waals surface area contributed by atoms with Crippen LogP contribution in [0.1, 0.15) is 0 Å². The summed E-state index contributed by atoms with van der Waals surface area (Å²) in [5.41, 5.74) is 24.3. The number of hydrogen-bond acceptors (Lipinski definition) is 15. The van der Waals surface area contributed by atoms with Crippen LogP contribution in [0.25, 0.3) is 279 Å². The molecular formula is C132H81N15S3. The molecule has 0 radical (unpaired) electrons. The topological polar surface area (TPSA) is 169 Å². The van der Waals surface area contributed by atoms with Crippen molar-refractivity contribution < 1.29 is 0 Å². The predicted molar refractivity (Wildman–Crippen MR) is 620 cm³/mol. The van der Waals surface area contributed by atoms with Gasteiger partial charge >= 0.3 is 0 Å². The van der Waals surface area contributed by atoms with Gasteiger partial charge < -0.3 is 13.7 Å². The largest absolute Gasteiger partial charge is 0.308 e. The molecule has 0 bridgehead atoms. The number of rotatable bonds is 15. The molecule has 0 amide bonds. The highest BCUT2D eigenvalue weighted by molar-refractivity contribution is 7.26. The molecule has 0 fully saturated rings. The molecular weight excluding hydrogens is 1890 g/mol. The number of fused-ring (bicyclic) bond motifs is 18. The minimum atomic E-state index is 0.519. The lowest BCUT2D eigenvalue weighted by Gasteiger charge is -2.14. The van der Waals surface area contributed by atoms with Gasteiger partial charge in [0.15, 0.2) is 52.4 Å². The maximum Gasteiger partial charge on any atom is 0.184 e. The van der Waals surface area contributed by atoms with Crippen LogP contribution in [-0.4, -0.2) is 73.5 Å². The standard InChI is InChI=1S/3C44H27N5S/c1-3-12-28(13-4-1)42-46-43(29-14-5-2-6-15-29)48-44(47-42)41-37(19-11-25-45-41)49-36-18-9-7-16-32(36)33-23-21-30(26-38(33)49)31-22-24-35-34-17-8-10-20-39(34)50-40(35)27-31;1-3-11-28(12-4-1)42-46-43(29-13-5-2-6-14-29)48-44(47-42)36-27-45-24-23-38(36)49-37-17-9-7-15-32(37)33-21-19-30(25-39(33)49)31-20-22-35-34-16-8-10-18-40(34)50-41(35)26-31;1-3-11-28(12-4-1)42-46-43(29-13-5-2-6-14-29)48-44(47-42)36-23-24-45-27-39(36)49-37-17-9-7-15-32(37)33-21-19-30(25-38(33)49)31-20-22-35-34-16-8-10-18-40(34)50-41(35)26-31/h3*1-27H. The minimum Gasteiger partial charge on any atom is -0.308 e. The Balaban J connectivity index is 0.000000108. The molecule has 0 aliphatic carbocycles. The normalized spacial score (nSPS) is 11.6. The van der Waals surface area contributed by atoms with Gasteiger partial charge in [-0.25, -0.2) is 44.9 Å². The second-order valence-corrected chi connectivity index (χ2v) is 40.2. The number of pyridine rings is 3. The van der Waals surface area contributed by atoms with E-state index in [1.807, 2.05) is 259 Å².